The number of morpholine rings is 1. The molecule has 2 saturated heterocycles. The lowest BCUT2D eigenvalue weighted by molar-refractivity contribution is -0.134. The Morgan fingerprint density at radius 2 is 1.82 bits per heavy atom. The molecule has 0 radical (unpaired) electrons. The second kappa shape index (κ2) is 12.2. The molecule has 0 spiro atoms. The van der Waals surface area contributed by atoms with Crippen LogP contribution in [0.15, 0.2) is 24.3 Å². The molecule has 0 saturated carbocycles. The molecular weight excluding hydrogens is 410 g/mol. The molecule has 2 heterocycles. The Balaban J connectivity index is 0.00000196. The number of rotatable bonds is 5. The monoisotopic (exact) mass is 436 g/mol. The average molecular weight is 437 g/mol. The van der Waals surface area contributed by atoms with Crippen LogP contribution in [-0.2, 0) is 14.3 Å². The molecule has 3 rings (SSSR count). The number of nitrogens with one attached hydrogen (secondary N) is 2. The minimum absolute atomic E-state index is 0. The smallest absolute Gasteiger partial charge is 0.238 e. The molecule has 1 aromatic carbocycles. The molecule has 0 bridgehead atoms. The van der Waals surface area contributed by atoms with Gasteiger partial charge >= 0.3 is 0 Å². The lowest BCUT2D eigenvalue weighted by Gasteiger charge is -2.35. The van der Waals surface area contributed by atoms with Crippen molar-refractivity contribution < 1.29 is 18.7 Å². The van der Waals surface area contributed by atoms with Gasteiger partial charge in [0.15, 0.2) is 0 Å². The summed E-state index contributed by atoms with van der Waals surface area (Å²) >= 11 is 0. The number of amides is 2. The Labute approximate surface area is 176 Å². The molecule has 7 nitrogen and oxygen atoms in total. The molecule has 0 aliphatic carbocycles. The van der Waals surface area contributed by atoms with E-state index in [1.807, 2.05) is 9.80 Å². The molecule has 158 valence electrons. The third-order valence-electron chi connectivity index (χ3n) is 4.64. The number of nitrogens with zero attached hydrogens (tertiary/aromatic N) is 2. The van der Waals surface area contributed by atoms with E-state index in [2.05, 4.69) is 10.6 Å². The highest BCUT2D eigenvalue weighted by molar-refractivity contribution is 5.92. The van der Waals surface area contributed by atoms with Gasteiger partial charge in [0, 0.05) is 50.9 Å². The van der Waals surface area contributed by atoms with Crippen molar-refractivity contribution in [1.29, 1.82) is 0 Å². The van der Waals surface area contributed by atoms with Crippen LogP contribution in [0.5, 0.6) is 0 Å². The van der Waals surface area contributed by atoms with Gasteiger partial charge in [-0.3, -0.25) is 14.5 Å². The van der Waals surface area contributed by atoms with Crippen LogP contribution in [0.25, 0.3) is 0 Å². The van der Waals surface area contributed by atoms with Crippen molar-refractivity contribution >= 4 is 42.3 Å². The first-order valence-electron chi connectivity index (χ1n) is 8.97. The Kier molecular flexibility index (Phi) is 10.7. The Bertz CT molecular complexity index is 622. The van der Waals surface area contributed by atoms with E-state index < -0.39 is 0 Å². The fourth-order valence-corrected chi connectivity index (χ4v) is 3.18. The molecule has 2 aliphatic heterocycles. The van der Waals surface area contributed by atoms with Crippen molar-refractivity contribution in [1.82, 2.24) is 15.1 Å². The Morgan fingerprint density at radius 1 is 1.14 bits per heavy atom. The van der Waals surface area contributed by atoms with Gasteiger partial charge in [0.05, 0.1) is 19.8 Å². The number of halogens is 3. The summed E-state index contributed by atoms with van der Waals surface area (Å²) < 4.78 is 18.3. The molecule has 2 fully saturated rings. The minimum atomic E-state index is -0.334. The third-order valence-corrected chi connectivity index (χ3v) is 4.64. The van der Waals surface area contributed by atoms with E-state index in [1.165, 1.54) is 24.3 Å². The zero-order chi connectivity index (χ0) is 18.4. The second-order valence-electron chi connectivity index (χ2n) is 6.64. The number of carbonyl (C=O) groups excluding carboxylic acids is 2. The van der Waals surface area contributed by atoms with Gasteiger partial charge in [-0.05, 0) is 24.3 Å². The van der Waals surface area contributed by atoms with Crippen molar-refractivity contribution in [2.45, 2.75) is 12.5 Å². The third kappa shape index (κ3) is 7.52. The Hall–Kier alpha value is -1.45. The topological polar surface area (TPSA) is 73.9 Å². The lowest BCUT2D eigenvalue weighted by atomic mass is 10.1. The highest BCUT2D eigenvalue weighted by atomic mass is 35.5. The first-order chi connectivity index (χ1) is 12.6. The number of benzene rings is 1. The van der Waals surface area contributed by atoms with E-state index in [1.54, 1.807) is 0 Å². The van der Waals surface area contributed by atoms with E-state index in [9.17, 15) is 14.0 Å². The standard InChI is InChI=1S/C18H25FN4O3.2ClH/c19-14-1-3-15(4-2-14)21-17(24)12-22-6-8-23(9-7-22)18(25)11-16-13-26-10-5-20-16;;/h1-4,16,20H,5-13H2,(H,21,24);2*1H. The highest BCUT2D eigenvalue weighted by Gasteiger charge is 2.25. The SMILES string of the molecule is Cl.Cl.O=C(CN1CCN(C(=O)CC2COCCN2)CC1)Nc1ccc(F)cc1. The summed E-state index contributed by atoms with van der Waals surface area (Å²) in [5, 5.41) is 6.05. The number of hydrogen-bond donors (Lipinski definition) is 2. The molecule has 2 aliphatic rings. The van der Waals surface area contributed by atoms with E-state index in [0.29, 0.717) is 51.5 Å². The van der Waals surface area contributed by atoms with E-state index in [0.717, 1.165) is 6.54 Å². The van der Waals surface area contributed by atoms with E-state index in [-0.39, 0.29) is 55.0 Å². The van der Waals surface area contributed by atoms with Gasteiger partial charge in [0.2, 0.25) is 11.8 Å². The molecule has 1 aromatic rings. The number of carbonyl (C=O) groups is 2. The average Bonchev–Trinajstić information content (AvgIpc) is 2.65. The quantitative estimate of drug-likeness (QED) is 0.723. The number of anilines is 1. The summed E-state index contributed by atoms with van der Waals surface area (Å²) in [6, 6.07) is 5.79. The van der Waals surface area contributed by atoms with E-state index >= 15 is 0 Å². The van der Waals surface area contributed by atoms with Gasteiger partial charge in [-0.25, -0.2) is 4.39 Å². The van der Waals surface area contributed by atoms with Gasteiger partial charge < -0.3 is 20.3 Å². The van der Waals surface area contributed by atoms with Crippen LogP contribution in [0.3, 0.4) is 0 Å². The van der Waals surface area contributed by atoms with Crippen LogP contribution in [0.1, 0.15) is 6.42 Å². The predicted octanol–water partition coefficient (Wildman–Crippen LogP) is 1.13. The van der Waals surface area contributed by atoms with Crippen LogP contribution in [-0.4, -0.2) is 80.1 Å². The fraction of sp³-hybridized carbons (Fsp3) is 0.556. The van der Waals surface area contributed by atoms with Crippen molar-refractivity contribution in [3.63, 3.8) is 0 Å². The molecule has 2 N–H and O–H groups in total. The van der Waals surface area contributed by atoms with Crippen molar-refractivity contribution in [3.8, 4) is 0 Å². The predicted molar refractivity (Wildman–Crippen MR) is 110 cm³/mol. The van der Waals surface area contributed by atoms with Crippen molar-refractivity contribution in [2.24, 2.45) is 0 Å². The minimum Gasteiger partial charge on any atom is -0.378 e. The lowest BCUT2D eigenvalue weighted by Crippen LogP contribution is -2.52. The van der Waals surface area contributed by atoms with Crippen LogP contribution >= 0.6 is 24.8 Å². The number of hydrogen-bond acceptors (Lipinski definition) is 5. The largest absolute Gasteiger partial charge is 0.378 e. The first-order valence-corrected chi connectivity index (χ1v) is 8.97. The van der Waals surface area contributed by atoms with Gasteiger partial charge in [0.25, 0.3) is 0 Å². The first kappa shape index (κ1) is 24.6. The molecule has 2 amide bonds. The molecule has 10 heteroatoms. The van der Waals surface area contributed by atoms with Gasteiger partial charge in [-0.1, -0.05) is 0 Å². The summed E-state index contributed by atoms with van der Waals surface area (Å²) in [7, 11) is 0. The van der Waals surface area contributed by atoms with Crippen molar-refractivity contribution in [3.05, 3.63) is 30.1 Å². The summed E-state index contributed by atoms with van der Waals surface area (Å²) in [6.07, 6.45) is 0.449. The van der Waals surface area contributed by atoms with Gasteiger partial charge in [-0.2, -0.15) is 0 Å². The molecule has 28 heavy (non-hydrogen) atoms. The van der Waals surface area contributed by atoms with Gasteiger partial charge in [0.1, 0.15) is 5.82 Å². The fourth-order valence-electron chi connectivity index (χ4n) is 3.18. The molecule has 1 unspecified atom stereocenters. The molecule has 0 aromatic heterocycles. The Morgan fingerprint density at radius 3 is 2.43 bits per heavy atom. The normalized spacial score (nSPS) is 19.9. The molecule has 1 atom stereocenters. The van der Waals surface area contributed by atoms with Crippen LogP contribution in [0, 0.1) is 5.82 Å². The maximum atomic E-state index is 12.9. The van der Waals surface area contributed by atoms with E-state index in [4.69, 9.17) is 4.74 Å². The number of piperazine rings is 1. The highest BCUT2D eigenvalue weighted by Crippen LogP contribution is 2.10. The van der Waals surface area contributed by atoms with Crippen LogP contribution in [0.4, 0.5) is 10.1 Å². The maximum Gasteiger partial charge on any atom is 0.238 e. The van der Waals surface area contributed by atoms with Crippen molar-refractivity contribution in [2.75, 3.05) is 57.8 Å². The zero-order valence-electron chi connectivity index (χ0n) is 15.6. The number of ether oxygens (including phenoxy) is 1. The summed E-state index contributed by atoms with van der Waals surface area (Å²) in [5.41, 5.74) is 0.576. The summed E-state index contributed by atoms with van der Waals surface area (Å²) in [5.74, 6) is -0.345. The summed E-state index contributed by atoms with van der Waals surface area (Å²) in [6.45, 7) is 4.89. The summed E-state index contributed by atoms with van der Waals surface area (Å²) in [4.78, 5) is 28.3. The van der Waals surface area contributed by atoms with Crippen LogP contribution in [0.2, 0.25) is 0 Å². The zero-order valence-corrected chi connectivity index (χ0v) is 17.2. The maximum absolute atomic E-state index is 12.9. The molecular formula is C18H27Cl2FN4O3. The second-order valence-corrected chi connectivity index (χ2v) is 6.64. The van der Waals surface area contributed by atoms with Gasteiger partial charge in [-0.15, -0.1) is 24.8 Å². The van der Waals surface area contributed by atoms with Crippen LogP contribution < -0.4 is 10.6 Å².